The third-order valence-electron chi connectivity index (χ3n) is 4.44. The lowest BCUT2D eigenvalue weighted by Crippen LogP contribution is -2.15. The minimum Gasteiger partial charge on any atom is -0.455 e. The van der Waals surface area contributed by atoms with Gasteiger partial charge in [-0.3, -0.25) is 4.72 Å². The van der Waals surface area contributed by atoms with Crippen molar-refractivity contribution in [1.82, 2.24) is 15.2 Å². The maximum Gasteiger partial charge on any atom is 0.419 e. The van der Waals surface area contributed by atoms with Crippen LogP contribution in [0.25, 0.3) is 11.1 Å². The van der Waals surface area contributed by atoms with Crippen molar-refractivity contribution in [3.8, 4) is 22.6 Å². The van der Waals surface area contributed by atoms with Crippen molar-refractivity contribution < 1.29 is 35.1 Å². The number of aromatic nitrogens is 3. The normalized spacial score (nSPS) is 11.9. The molecule has 15 heteroatoms. The second-order valence-corrected chi connectivity index (χ2v) is 9.53. The number of benzene rings is 2. The fourth-order valence-electron chi connectivity index (χ4n) is 2.90. The molecule has 0 unspecified atom stereocenters. The van der Waals surface area contributed by atoms with Crippen molar-refractivity contribution in [2.45, 2.75) is 11.1 Å². The number of nitrogens with zero attached hydrogens (tertiary/aromatic N) is 3. The molecule has 1 N–H and O–H groups in total. The predicted molar refractivity (Wildman–Crippen MR) is 117 cm³/mol. The third kappa shape index (κ3) is 5.33. The van der Waals surface area contributed by atoms with E-state index in [1.165, 1.54) is 23.2 Å². The molecule has 0 saturated heterocycles. The summed E-state index contributed by atoms with van der Waals surface area (Å²) >= 11 is 7.18. The zero-order valence-electron chi connectivity index (χ0n) is 16.8. The fourth-order valence-corrected chi connectivity index (χ4v) is 4.81. The van der Waals surface area contributed by atoms with E-state index in [9.17, 15) is 30.4 Å². The number of nitrogens with one attached hydrogen (secondary N) is 1. The lowest BCUT2D eigenvalue weighted by Gasteiger charge is -2.17. The van der Waals surface area contributed by atoms with Crippen LogP contribution in [-0.2, 0) is 16.2 Å². The average molecular weight is 549 g/mol. The van der Waals surface area contributed by atoms with Crippen LogP contribution >= 0.6 is 22.9 Å². The SMILES string of the molecule is O=S(=O)(Nc1cscn1)c1cc(Cl)c(Oc2cc(C(F)(F)F)c(F)cc2-c2ccnnc2)cc1F. The number of anilines is 1. The summed E-state index contributed by atoms with van der Waals surface area (Å²) in [5, 5.41) is 8.07. The minimum atomic E-state index is -5.06. The number of sulfonamides is 1. The first-order chi connectivity index (χ1) is 16.5. The number of alkyl halides is 3. The van der Waals surface area contributed by atoms with Gasteiger partial charge in [0.15, 0.2) is 5.82 Å². The lowest BCUT2D eigenvalue weighted by molar-refractivity contribution is -0.140. The quantitative estimate of drug-likeness (QED) is 0.291. The van der Waals surface area contributed by atoms with E-state index < -0.39 is 54.8 Å². The van der Waals surface area contributed by atoms with Crippen LogP contribution in [0.1, 0.15) is 5.56 Å². The molecule has 2 aromatic heterocycles. The van der Waals surface area contributed by atoms with Gasteiger partial charge in [-0.1, -0.05) is 11.6 Å². The van der Waals surface area contributed by atoms with E-state index in [0.29, 0.717) is 18.2 Å². The zero-order chi connectivity index (χ0) is 25.4. The van der Waals surface area contributed by atoms with Gasteiger partial charge in [0.05, 0.1) is 28.5 Å². The molecule has 0 amide bonds. The molecule has 0 aliphatic rings. The number of rotatable bonds is 6. The van der Waals surface area contributed by atoms with Gasteiger partial charge in [0.2, 0.25) is 0 Å². The Kier molecular flexibility index (Phi) is 6.62. The lowest BCUT2D eigenvalue weighted by atomic mass is 10.0. The summed E-state index contributed by atoms with van der Waals surface area (Å²) in [6.07, 6.45) is -2.70. The molecule has 35 heavy (non-hydrogen) atoms. The van der Waals surface area contributed by atoms with Gasteiger partial charge < -0.3 is 4.74 Å². The highest BCUT2D eigenvalue weighted by molar-refractivity contribution is 7.92. The predicted octanol–water partition coefficient (Wildman–Crippen LogP) is 6.14. The zero-order valence-corrected chi connectivity index (χ0v) is 19.2. The second-order valence-electron chi connectivity index (χ2n) is 6.75. The highest BCUT2D eigenvalue weighted by atomic mass is 35.5. The van der Waals surface area contributed by atoms with E-state index in [2.05, 4.69) is 19.9 Å². The van der Waals surface area contributed by atoms with Crippen LogP contribution in [0.3, 0.4) is 0 Å². The first kappa shape index (κ1) is 24.8. The van der Waals surface area contributed by atoms with Crippen LogP contribution in [0.2, 0.25) is 5.02 Å². The number of hydrogen-bond donors (Lipinski definition) is 1. The fraction of sp³-hybridized carbons (Fsp3) is 0.0500. The Balaban J connectivity index is 1.78. The molecule has 4 rings (SSSR count). The highest BCUT2D eigenvalue weighted by Gasteiger charge is 2.36. The molecule has 0 fully saturated rings. The highest BCUT2D eigenvalue weighted by Crippen LogP contribution is 2.42. The van der Waals surface area contributed by atoms with Gasteiger partial charge in [-0.15, -0.1) is 11.3 Å². The van der Waals surface area contributed by atoms with Gasteiger partial charge in [-0.05, 0) is 24.3 Å². The van der Waals surface area contributed by atoms with Gasteiger partial charge in [0.25, 0.3) is 10.0 Å². The molecule has 0 saturated carbocycles. The monoisotopic (exact) mass is 548 g/mol. The minimum absolute atomic E-state index is 0.0487. The van der Waals surface area contributed by atoms with Crippen molar-refractivity contribution in [3.05, 3.63) is 75.8 Å². The summed E-state index contributed by atoms with van der Waals surface area (Å²) in [5.41, 5.74) is -0.303. The van der Waals surface area contributed by atoms with Crippen LogP contribution in [0.15, 0.2) is 58.5 Å². The van der Waals surface area contributed by atoms with E-state index in [0.717, 1.165) is 23.6 Å². The van der Waals surface area contributed by atoms with Crippen LogP contribution in [0.4, 0.5) is 27.8 Å². The van der Waals surface area contributed by atoms with Gasteiger partial charge in [-0.25, -0.2) is 22.2 Å². The van der Waals surface area contributed by atoms with Crippen LogP contribution in [0, 0.1) is 11.6 Å². The van der Waals surface area contributed by atoms with E-state index in [1.807, 2.05) is 0 Å². The summed E-state index contributed by atoms with van der Waals surface area (Å²) in [4.78, 5) is 2.89. The van der Waals surface area contributed by atoms with Crippen molar-refractivity contribution in [2.24, 2.45) is 0 Å². The first-order valence-corrected chi connectivity index (χ1v) is 12.0. The smallest absolute Gasteiger partial charge is 0.419 e. The first-order valence-electron chi connectivity index (χ1n) is 9.21. The Labute approximate surface area is 203 Å². The Morgan fingerprint density at radius 3 is 2.43 bits per heavy atom. The Morgan fingerprint density at radius 1 is 1.03 bits per heavy atom. The Bertz CT molecular complexity index is 1490. The summed E-state index contributed by atoms with van der Waals surface area (Å²) in [7, 11) is -4.44. The van der Waals surface area contributed by atoms with Crippen LogP contribution in [-0.4, -0.2) is 23.6 Å². The molecular formula is C20H10ClF5N4O3S2. The molecule has 0 bridgehead atoms. The number of thiazole rings is 1. The van der Waals surface area contributed by atoms with E-state index in [-0.39, 0.29) is 16.9 Å². The summed E-state index contributed by atoms with van der Waals surface area (Å²) < 4.78 is 101. The number of halogens is 6. The van der Waals surface area contributed by atoms with E-state index >= 15 is 0 Å². The second kappa shape index (κ2) is 9.36. The Hall–Kier alpha value is -3.36. The van der Waals surface area contributed by atoms with Crippen molar-refractivity contribution in [3.63, 3.8) is 0 Å². The Morgan fingerprint density at radius 2 is 1.80 bits per heavy atom. The molecule has 4 aromatic rings. The number of hydrogen-bond acceptors (Lipinski definition) is 7. The van der Waals surface area contributed by atoms with Crippen molar-refractivity contribution >= 4 is 38.8 Å². The molecule has 0 aliphatic carbocycles. The average Bonchev–Trinajstić information content (AvgIpc) is 3.29. The molecule has 2 heterocycles. The summed E-state index contributed by atoms with van der Waals surface area (Å²) in [6, 6.07) is 3.61. The van der Waals surface area contributed by atoms with Crippen LogP contribution in [0.5, 0.6) is 11.5 Å². The molecule has 7 nitrogen and oxygen atoms in total. The van der Waals surface area contributed by atoms with Gasteiger partial charge in [0.1, 0.15) is 28.0 Å². The van der Waals surface area contributed by atoms with E-state index in [4.69, 9.17) is 16.3 Å². The summed E-state index contributed by atoms with van der Waals surface area (Å²) in [6.45, 7) is 0. The standard InChI is InChI=1S/C20H10ClF5N4O3S2/c21-13-5-18(35(31,32)30-19-8-34-9-27-19)15(23)6-17(13)33-16-4-12(20(24,25)26)14(22)3-11(16)10-1-2-28-29-7-10/h1-9,30H. The molecular weight excluding hydrogens is 539 g/mol. The molecule has 0 aliphatic heterocycles. The van der Waals surface area contributed by atoms with Gasteiger partial charge in [-0.2, -0.15) is 23.4 Å². The maximum atomic E-state index is 14.8. The molecule has 0 radical (unpaired) electrons. The van der Waals surface area contributed by atoms with Crippen molar-refractivity contribution in [1.29, 1.82) is 0 Å². The van der Waals surface area contributed by atoms with Crippen LogP contribution < -0.4 is 9.46 Å². The maximum absolute atomic E-state index is 14.8. The largest absolute Gasteiger partial charge is 0.455 e. The molecule has 0 atom stereocenters. The third-order valence-corrected chi connectivity index (χ3v) is 6.69. The molecule has 182 valence electrons. The summed E-state index contributed by atoms with van der Waals surface area (Å²) in [5.74, 6) is -3.99. The molecule has 2 aromatic carbocycles. The topological polar surface area (TPSA) is 94.1 Å². The van der Waals surface area contributed by atoms with Gasteiger partial charge in [0, 0.05) is 22.6 Å². The van der Waals surface area contributed by atoms with Crippen molar-refractivity contribution in [2.75, 3.05) is 4.72 Å². The van der Waals surface area contributed by atoms with E-state index in [1.54, 1.807) is 0 Å². The molecule has 0 spiro atoms. The number of ether oxygens (including phenoxy) is 1. The van der Waals surface area contributed by atoms with Gasteiger partial charge >= 0.3 is 6.18 Å².